The average molecular weight is 284 g/mol. The van der Waals surface area contributed by atoms with Crippen LogP contribution in [0.3, 0.4) is 0 Å². The summed E-state index contributed by atoms with van der Waals surface area (Å²) in [5, 5.41) is 2.77. The Morgan fingerprint density at radius 1 is 1.56 bits per heavy atom. The lowest BCUT2D eigenvalue weighted by atomic mass is 10.1. The second-order valence-corrected chi connectivity index (χ2v) is 4.17. The zero-order valence-electron chi connectivity index (χ0n) is 8.59. The SMILES string of the molecule is C#CCNCC(=O)Cc1ccc(Br)cc1F. The lowest BCUT2D eigenvalue weighted by Gasteiger charge is -2.03. The van der Waals surface area contributed by atoms with Gasteiger partial charge in [-0.1, -0.05) is 27.9 Å². The minimum atomic E-state index is -0.375. The summed E-state index contributed by atoms with van der Waals surface area (Å²) in [5.41, 5.74) is 0.399. The Bertz CT molecular complexity index is 426. The molecule has 2 nitrogen and oxygen atoms in total. The number of Topliss-reactive ketones (excluding diaryl/α,β-unsaturated/α-hetero) is 1. The average Bonchev–Trinajstić information content (AvgIpc) is 2.23. The molecule has 0 aliphatic heterocycles. The molecule has 84 valence electrons. The molecule has 0 saturated carbocycles. The molecule has 0 aliphatic carbocycles. The maximum atomic E-state index is 13.4. The standard InChI is InChI=1S/C12H11BrFNO/c1-2-5-15-8-11(16)6-9-3-4-10(13)7-12(9)14/h1,3-4,7,15H,5-6,8H2. The summed E-state index contributed by atoms with van der Waals surface area (Å²) in [7, 11) is 0. The molecule has 0 atom stereocenters. The van der Waals surface area contributed by atoms with Gasteiger partial charge in [-0.05, 0) is 17.7 Å². The molecule has 1 aromatic rings. The van der Waals surface area contributed by atoms with Crippen molar-refractivity contribution in [3.63, 3.8) is 0 Å². The Labute approximate surface area is 102 Å². The quantitative estimate of drug-likeness (QED) is 0.661. The van der Waals surface area contributed by atoms with Crippen molar-refractivity contribution in [2.24, 2.45) is 0 Å². The maximum Gasteiger partial charge on any atom is 0.151 e. The van der Waals surface area contributed by atoms with Crippen LogP contribution in [-0.2, 0) is 11.2 Å². The molecule has 0 saturated heterocycles. The summed E-state index contributed by atoms with van der Waals surface area (Å²) in [6.45, 7) is 0.508. The Morgan fingerprint density at radius 2 is 2.31 bits per heavy atom. The van der Waals surface area contributed by atoms with E-state index in [9.17, 15) is 9.18 Å². The van der Waals surface area contributed by atoms with Crippen molar-refractivity contribution in [3.05, 3.63) is 34.1 Å². The van der Waals surface area contributed by atoms with Gasteiger partial charge in [0.2, 0.25) is 0 Å². The van der Waals surface area contributed by atoms with Gasteiger partial charge < -0.3 is 0 Å². The van der Waals surface area contributed by atoms with Crippen LogP contribution in [0.2, 0.25) is 0 Å². The predicted molar refractivity (Wildman–Crippen MR) is 64.5 cm³/mol. The van der Waals surface area contributed by atoms with Crippen molar-refractivity contribution in [2.45, 2.75) is 6.42 Å². The van der Waals surface area contributed by atoms with Gasteiger partial charge in [0.25, 0.3) is 0 Å². The van der Waals surface area contributed by atoms with Crippen LogP contribution in [-0.4, -0.2) is 18.9 Å². The van der Waals surface area contributed by atoms with Gasteiger partial charge in [0.15, 0.2) is 5.78 Å². The van der Waals surface area contributed by atoms with E-state index in [1.807, 2.05) is 0 Å². The molecule has 4 heteroatoms. The van der Waals surface area contributed by atoms with E-state index in [1.165, 1.54) is 6.07 Å². The highest BCUT2D eigenvalue weighted by Gasteiger charge is 2.08. The Kier molecular flexibility index (Phi) is 5.17. The zero-order chi connectivity index (χ0) is 12.0. The molecular formula is C12H11BrFNO. The minimum Gasteiger partial charge on any atom is -0.299 e. The van der Waals surface area contributed by atoms with E-state index in [4.69, 9.17) is 6.42 Å². The number of hydrogen-bond donors (Lipinski definition) is 1. The third kappa shape index (κ3) is 4.13. The molecule has 0 aliphatic rings. The topological polar surface area (TPSA) is 29.1 Å². The smallest absolute Gasteiger partial charge is 0.151 e. The van der Waals surface area contributed by atoms with Crippen molar-refractivity contribution in [1.82, 2.24) is 5.32 Å². The molecular weight excluding hydrogens is 273 g/mol. The molecule has 1 rings (SSSR count). The van der Waals surface area contributed by atoms with Crippen molar-refractivity contribution < 1.29 is 9.18 Å². The molecule has 1 N–H and O–H groups in total. The van der Waals surface area contributed by atoms with Crippen LogP contribution in [0.15, 0.2) is 22.7 Å². The molecule has 0 heterocycles. The van der Waals surface area contributed by atoms with Crippen LogP contribution >= 0.6 is 15.9 Å². The molecule has 0 fully saturated rings. The molecule has 16 heavy (non-hydrogen) atoms. The number of nitrogens with one attached hydrogen (secondary N) is 1. The van der Waals surface area contributed by atoms with Crippen LogP contribution in [0.1, 0.15) is 5.56 Å². The first-order valence-electron chi connectivity index (χ1n) is 4.73. The van der Waals surface area contributed by atoms with Gasteiger partial charge in [-0.2, -0.15) is 0 Å². The minimum absolute atomic E-state index is 0.0800. The largest absolute Gasteiger partial charge is 0.299 e. The number of ketones is 1. The monoisotopic (exact) mass is 283 g/mol. The van der Waals surface area contributed by atoms with Crippen molar-refractivity contribution in [3.8, 4) is 12.3 Å². The number of terminal acetylenes is 1. The summed E-state index contributed by atoms with van der Waals surface area (Å²) in [4.78, 5) is 11.4. The van der Waals surface area contributed by atoms with Crippen LogP contribution < -0.4 is 5.32 Å². The second-order valence-electron chi connectivity index (χ2n) is 3.26. The Hall–Kier alpha value is -1.18. The molecule has 0 bridgehead atoms. The second kappa shape index (κ2) is 6.41. The normalized spacial score (nSPS) is 9.81. The first-order chi connectivity index (χ1) is 7.63. The molecule has 0 radical (unpaired) electrons. The van der Waals surface area contributed by atoms with Crippen LogP contribution in [0.25, 0.3) is 0 Å². The summed E-state index contributed by atoms with van der Waals surface area (Å²) < 4.78 is 14.0. The molecule has 0 spiro atoms. The fraction of sp³-hybridized carbons (Fsp3) is 0.250. The fourth-order valence-corrected chi connectivity index (χ4v) is 1.55. The molecule has 0 unspecified atom stereocenters. The first kappa shape index (κ1) is 12.9. The third-order valence-corrected chi connectivity index (χ3v) is 2.45. The molecule has 1 aromatic carbocycles. The predicted octanol–water partition coefficient (Wildman–Crippen LogP) is 1.92. The van der Waals surface area contributed by atoms with E-state index in [0.717, 1.165) is 0 Å². The van der Waals surface area contributed by atoms with Gasteiger partial charge in [-0.25, -0.2) is 4.39 Å². The van der Waals surface area contributed by atoms with Gasteiger partial charge in [-0.15, -0.1) is 6.42 Å². The molecule has 0 amide bonds. The molecule has 0 aromatic heterocycles. The number of carbonyl (C=O) groups excluding carboxylic acids is 1. The fourth-order valence-electron chi connectivity index (χ4n) is 1.21. The number of benzene rings is 1. The summed E-state index contributed by atoms with van der Waals surface area (Å²) in [6, 6.07) is 4.65. The van der Waals surface area contributed by atoms with E-state index in [2.05, 4.69) is 27.2 Å². The van der Waals surface area contributed by atoms with Crippen molar-refractivity contribution >= 4 is 21.7 Å². The van der Waals surface area contributed by atoms with E-state index in [1.54, 1.807) is 12.1 Å². The van der Waals surface area contributed by atoms with Gasteiger partial charge in [-0.3, -0.25) is 10.1 Å². The number of halogens is 2. The van der Waals surface area contributed by atoms with Gasteiger partial charge in [0.1, 0.15) is 5.82 Å². The highest BCUT2D eigenvalue weighted by atomic mass is 79.9. The van der Waals surface area contributed by atoms with Gasteiger partial charge >= 0.3 is 0 Å². The van der Waals surface area contributed by atoms with E-state index in [0.29, 0.717) is 16.6 Å². The Morgan fingerprint density at radius 3 is 2.94 bits per heavy atom. The number of rotatable bonds is 5. The van der Waals surface area contributed by atoms with E-state index < -0.39 is 0 Å². The van der Waals surface area contributed by atoms with Crippen LogP contribution in [0.4, 0.5) is 4.39 Å². The summed E-state index contributed by atoms with van der Waals surface area (Å²) in [6.07, 6.45) is 5.10. The van der Waals surface area contributed by atoms with E-state index in [-0.39, 0.29) is 24.6 Å². The highest BCUT2D eigenvalue weighted by Crippen LogP contribution is 2.15. The number of hydrogen-bond acceptors (Lipinski definition) is 2. The van der Waals surface area contributed by atoms with Crippen LogP contribution in [0, 0.1) is 18.2 Å². The number of carbonyl (C=O) groups is 1. The van der Waals surface area contributed by atoms with Gasteiger partial charge in [0, 0.05) is 10.9 Å². The lowest BCUT2D eigenvalue weighted by molar-refractivity contribution is -0.117. The van der Waals surface area contributed by atoms with Crippen LogP contribution in [0.5, 0.6) is 0 Å². The Balaban J connectivity index is 2.53. The maximum absolute atomic E-state index is 13.4. The summed E-state index contributed by atoms with van der Waals surface area (Å²) >= 11 is 3.15. The lowest BCUT2D eigenvalue weighted by Crippen LogP contribution is -2.24. The van der Waals surface area contributed by atoms with Crippen molar-refractivity contribution in [1.29, 1.82) is 0 Å². The summed E-state index contributed by atoms with van der Waals surface area (Å²) in [5.74, 6) is 1.90. The van der Waals surface area contributed by atoms with E-state index >= 15 is 0 Å². The first-order valence-corrected chi connectivity index (χ1v) is 5.52. The van der Waals surface area contributed by atoms with Gasteiger partial charge in [0.05, 0.1) is 13.1 Å². The third-order valence-electron chi connectivity index (χ3n) is 1.95. The van der Waals surface area contributed by atoms with Crippen molar-refractivity contribution in [2.75, 3.05) is 13.1 Å². The zero-order valence-corrected chi connectivity index (χ0v) is 10.2. The highest BCUT2D eigenvalue weighted by molar-refractivity contribution is 9.10.